The molecule has 1 rings (SSSR count). The lowest BCUT2D eigenvalue weighted by Gasteiger charge is -2.43. The molecule has 2 unspecified atom stereocenters. The van der Waals surface area contributed by atoms with Gasteiger partial charge in [-0.25, -0.2) is 0 Å². The van der Waals surface area contributed by atoms with Crippen molar-refractivity contribution in [1.82, 2.24) is 0 Å². The third kappa shape index (κ3) is 3.91. The first-order valence-electron chi connectivity index (χ1n) is 7.86. The van der Waals surface area contributed by atoms with Gasteiger partial charge in [-0.3, -0.25) is 0 Å². The average Bonchev–Trinajstić information content (AvgIpc) is 2.48. The molecule has 2 atom stereocenters. The van der Waals surface area contributed by atoms with Crippen molar-refractivity contribution in [2.24, 2.45) is 5.92 Å². The maximum absolute atomic E-state index is 14.3. The molecule has 1 aliphatic rings. The van der Waals surface area contributed by atoms with Crippen molar-refractivity contribution in [1.29, 1.82) is 0 Å². The van der Waals surface area contributed by atoms with E-state index in [0.29, 0.717) is 6.42 Å². The lowest BCUT2D eigenvalue weighted by Crippen LogP contribution is -2.71. The van der Waals surface area contributed by atoms with Gasteiger partial charge in [0.15, 0.2) is 0 Å². The molecular formula is C14H14F13I. The molecule has 0 aromatic heterocycles. The summed E-state index contributed by atoms with van der Waals surface area (Å²) in [5, 5.41) is 0. The van der Waals surface area contributed by atoms with Gasteiger partial charge in [-0.1, -0.05) is 48.3 Å². The van der Waals surface area contributed by atoms with Crippen molar-refractivity contribution in [2.75, 3.05) is 0 Å². The largest absolute Gasteiger partial charge is 0.460 e. The Morgan fingerprint density at radius 1 is 0.500 bits per heavy atom. The lowest BCUT2D eigenvalue weighted by atomic mass is 9.81. The Balaban J connectivity index is 3.43. The predicted octanol–water partition coefficient (Wildman–Crippen LogP) is 7.50. The van der Waals surface area contributed by atoms with Crippen LogP contribution in [0, 0.1) is 5.92 Å². The molecule has 168 valence electrons. The van der Waals surface area contributed by atoms with E-state index in [1.165, 1.54) is 22.6 Å². The fourth-order valence-corrected chi connectivity index (χ4v) is 4.11. The number of hydrogen-bond donors (Lipinski definition) is 0. The van der Waals surface area contributed by atoms with Crippen LogP contribution in [0.1, 0.15) is 38.5 Å². The quantitative estimate of drug-likeness (QED) is 0.187. The van der Waals surface area contributed by atoms with Gasteiger partial charge in [0.25, 0.3) is 0 Å². The second kappa shape index (κ2) is 7.82. The average molecular weight is 556 g/mol. The van der Waals surface area contributed by atoms with E-state index in [9.17, 15) is 57.1 Å². The van der Waals surface area contributed by atoms with E-state index in [0.717, 1.165) is 0 Å². The molecule has 28 heavy (non-hydrogen) atoms. The van der Waals surface area contributed by atoms with Gasteiger partial charge < -0.3 is 0 Å². The molecule has 0 bridgehead atoms. The highest BCUT2D eigenvalue weighted by Crippen LogP contribution is 2.62. The maximum Gasteiger partial charge on any atom is 0.460 e. The minimum absolute atomic E-state index is 0.156. The predicted molar refractivity (Wildman–Crippen MR) is 79.8 cm³/mol. The molecular weight excluding hydrogens is 542 g/mol. The molecule has 0 amide bonds. The fraction of sp³-hybridized carbons (Fsp3) is 1.00. The fourth-order valence-electron chi connectivity index (χ4n) is 2.86. The molecule has 14 heteroatoms. The summed E-state index contributed by atoms with van der Waals surface area (Å²) in [6, 6.07) is 0. The van der Waals surface area contributed by atoms with Crippen LogP contribution in [-0.4, -0.2) is 39.7 Å². The van der Waals surface area contributed by atoms with Crippen molar-refractivity contribution < 1.29 is 57.1 Å². The monoisotopic (exact) mass is 556 g/mol. The van der Waals surface area contributed by atoms with Crippen molar-refractivity contribution in [3.8, 4) is 0 Å². The summed E-state index contributed by atoms with van der Waals surface area (Å²) in [4.78, 5) is 0. The Kier molecular flexibility index (Phi) is 7.22. The first-order chi connectivity index (χ1) is 12.3. The van der Waals surface area contributed by atoms with Gasteiger partial charge >= 0.3 is 35.8 Å². The minimum atomic E-state index is -7.83. The van der Waals surface area contributed by atoms with Gasteiger partial charge in [-0.15, -0.1) is 0 Å². The minimum Gasteiger partial charge on any atom is -0.199 e. The number of alkyl halides is 14. The SMILES string of the molecule is FC(F)(F)C(F)(F)C(F)(F)C(F)(F)C(F)(F)C(F)(F)C1CCCCCCC1I. The molecule has 0 aromatic rings. The van der Waals surface area contributed by atoms with Gasteiger partial charge in [0.2, 0.25) is 0 Å². The summed E-state index contributed by atoms with van der Waals surface area (Å²) in [5.41, 5.74) is 0. The topological polar surface area (TPSA) is 0 Å². The van der Waals surface area contributed by atoms with Crippen molar-refractivity contribution in [2.45, 2.75) is 78.2 Å². The van der Waals surface area contributed by atoms with Crippen LogP contribution in [0.25, 0.3) is 0 Å². The lowest BCUT2D eigenvalue weighted by molar-refractivity contribution is -0.443. The van der Waals surface area contributed by atoms with Crippen molar-refractivity contribution in [3.05, 3.63) is 0 Å². The highest BCUT2D eigenvalue weighted by atomic mass is 127. The third-order valence-electron chi connectivity index (χ3n) is 4.60. The van der Waals surface area contributed by atoms with Crippen LogP contribution < -0.4 is 0 Å². The number of hydrogen-bond acceptors (Lipinski definition) is 0. The first-order valence-corrected chi connectivity index (χ1v) is 9.11. The molecule has 0 aromatic carbocycles. The molecule has 0 spiro atoms. The molecule has 0 heterocycles. The van der Waals surface area contributed by atoms with E-state index >= 15 is 0 Å². The van der Waals surface area contributed by atoms with Gasteiger partial charge in [-0.05, 0) is 12.8 Å². The van der Waals surface area contributed by atoms with Crippen LogP contribution in [0.3, 0.4) is 0 Å². The summed E-state index contributed by atoms with van der Waals surface area (Å²) >= 11 is 1.23. The van der Waals surface area contributed by atoms with Gasteiger partial charge in [0, 0.05) is 9.84 Å². The molecule has 0 aliphatic heterocycles. The zero-order valence-electron chi connectivity index (χ0n) is 13.7. The Labute approximate surface area is 164 Å². The zero-order valence-corrected chi connectivity index (χ0v) is 15.8. The number of rotatable bonds is 5. The molecule has 1 fully saturated rings. The van der Waals surface area contributed by atoms with Crippen LogP contribution >= 0.6 is 22.6 Å². The van der Waals surface area contributed by atoms with E-state index in [-0.39, 0.29) is 25.7 Å². The summed E-state index contributed by atoms with van der Waals surface area (Å²) in [6.07, 6.45) is -7.51. The zero-order chi connectivity index (χ0) is 22.4. The van der Waals surface area contributed by atoms with Gasteiger partial charge in [0.1, 0.15) is 0 Å². The normalized spacial score (nSPS) is 24.6. The van der Waals surface area contributed by atoms with E-state index < -0.39 is 52.1 Å². The van der Waals surface area contributed by atoms with Crippen molar-refractivity contribution in [3.63, 3.8) is 0 Å². The standard InChI is InChI=1S/C14H14F13I/c15-9(16,7-5-3-1-2-4-6-8(7)28)10(17,18)11(19,20)12(21,22)13(23,24)14(25,26)27/h7-8H,1-6H2. The molecule has 0 radical (unpaired) electrons. The molecule has 1 saturated carbocycles. The molecule has 1 aliphatic carbocycles. The first kappa shape index (κ1) is 25.9. The Bertz CT molecular complexity index is 540. The van der Waals surface area contributed by atoms with Crippen LogP contribution in [0.4, 0.5) is 57.1 Å². The maximum atomic E-state index is 14.3. The van der Waals surface area contributed by atoms with Crippen molar-refractivity contribution >= 4 is 22.6 Å². The Morgan fingerprint density at radius 2 is 0.893 bits per heavy atom. The van der Waals surface area contributed by atoms with E-state index in [1.807, 2.05) is 0 Å². The summed E-state index contributed by atoms with van der Waals surface area (Å²) in [5.74, 6) is -39.0. The van der Waals surface area contributed by atoms with Crippen LogP contribution in [0.2, 0.25) is 0 Å². The van der Waals surface area contributed by atoms with Crippen LogP contribution in [0.5, 0.6) is 0 Å². The Hall–Kier alpha value is -0.180. The van der Waals surface area contributed by atoms with Crippen LogP contribution in [-0.2, 0) is 0 Å². The summed E-state index contributed by atoms with van der Waals surface area (Å²) in [7, 11) is 0. The third-order valence-corrected chi connectivity index (χ3v) is 6.10. The van der Waals surface area contributed by atoms with Gasteiger partial charge in [0.05, 0.1) is 0 Å². The van der Waals surface area contributed by atoms with E-state index in [4.69, 9.17) is 0 Å². The molecule has 0 N–H and O–H groups in total. The van der Waals surface area contributed by atoms with Crippen LogP contribution in [0.15, 0.2) is 0 Å². The second-order valence-electron chi connectivity index (χ2n) is 6.53. The summed E-state index contributed by atoms with van der Waals surface area (Å²) in [6.45, 7) is 0. The van der Waals surface area contributed by atoms with E-state index in [2.05, 4.69) is 0 Å². The van der Waals surface area contributed by atoms with E-state index in [1.54, 1.807) is 0 Å². The summed E-state index contributed by atoms with van der Waals surface area (Å²) < 4.78 is 171. The number of halogens is 14. The highest BCUT2D eigenvalue weighted by molar-refractivity contribution is 14.1. The second-order valence-corrected chi connectivity index (χ2v) is 8.13. The molecule has 0 saturated heterocycles. The smallest absolute Gasteiger partial charge is 0.199 e. The molecule has 0 nitrogen and oxygen atoms in total. The highest BCUT2D eigenvalue weighted by Gasteiger charge is 2.91. The van der Waals surface area contributed by atoms with Gasteiger partial charge in [-0.2, -0.15) is 57.1 Å². The Morgan fingerprint density at radius 3 is 1.32 bits per heavy atom.